The van der Waals surface area contributed by atoms with Crippen LogP contribution in [0.1, 0.15) is 6.42 Å². The second kappa shape index (κ2) is 3.54. The summed E-state index contributed by atoms with van der Waals surface area (Å²) in [5, 5.41) is 0. The molecule has 0 bridgehead atoms. The van der Waals surface area contributed by atoms with E-state index in [1.54, 1.807) is 0 Å². The molecule has 4 N–H and O–H groups in total. The van der Waals surface area contributed by atoms with Crippen LogP contribution in [-0.2, 0) is 9.47 Å². The molecule has 0 spiro atoms. The Kier molecular flexibility index (Phi) is 2.67. The molecule has 0 aliphatic carbocycles. The lowest BCUT2D eigenvalue weighted by molar-refractivity contribution is -0.0110. The van der Waals surface area contributed by atoms with Crippen LogP contribution >= 0.6 is 0 Å². The maximum absolute atomic E-state index is 10.3. The summed E-state index contributed by atoms with van der Waals surface area (Å²) in [4.78, 5) is 10.3. The van der Waals surface area contributed by atoms with Crippen LogP contribution in [0.5, 0.6) is 0 Å². The Balaban J connectivity index is 2.35. The summed E-state index contributed by atoms with van der Waals surface area (Å²) in [5.74, 6) is 0. The molecular formula is C6H12N2O3. The third-order valence-corrected chi connectivity index (χ3v) is 1.60. The number of primary amides is 1. The molecule has 1 amide bonds. The molecule has 64 valence electrons. The highest BCUT2D eigenvalue weighted by molar-refractivity contribution is 5.64. The molecule has 1 heterocycles. The minimum Gasteiger partial charge on any atom is -0.445 e. The first-order valence-electron chi connectivity index (χ1n) is 3.49. The second-order valence-electron chi connectivity index (χ2n) is 2.50. The molecular weight excluding hydrogens is 148 g/mol. The Morgan fingerprint density at radius 1 is 1.64 bits per heavy atom. The third-order valence-electron chi connectivity index (χ3n) is 1.60. The van der Waals surface area contributed by atoms with E-state index in [4.69, 9.17) is 20.9 Å². The molecule has 1 aliphatic rings. The van der Waals surface area contributed by atoms with Gasteiger partial charge in [-0.15, -0.1) is 0 Å². The zero-order chi connectivity index (χ0) is 8.27. The molecule has 1 aliphatic heterocycles. The molecule has 5 nitrogen and oxygen atoms in total. The highest BCUT2D eigenvalue weighted by Crippen LogP contribution is 2.09. The summed E-state index contributed by atoms with van der Waals surface area (Å²) in [6.45, 7) is 1.00. The average molecular weight is 160 g/mol. The lowest BCUT2D eigenvalue weighted by atomic mass is 10.1. The van der Waals surface area contributed by atoms with Gasteiger partial charge in [-0.2, -0.15) is 0 Å². The number of carbonyl (C=O) groups is 1. The van der Waals surface area contributed by atoms with Crippen molar-refractivity contribution in [2.45, 2.75) is 18.6 Å². The van der Waals surface area contributed by atoms with Crippen molar-refractivity contribution in [1.29, 1.82) is 0 Å². The SMILES string of the molecule is NC(=O)O[C@H]1CCOC[C@@H]1N. The average Bonchev–Trinajstić information content (AvgIpc) is 1.93. The Morgan fingerprint density at radius 3 is 2.91 bits per heavy atom. The number of carbonyl (C=O) groups excluding carboxylic acids is 1. The molecule has 11 heavy (non-hydrogen) atoms. The summed E-state index contributed by atoms with van der Waals surface area (Å²) >= 11 is 0. The maximum atomic E-state index is 10.3. The molecule has 0 aromatic heterocycles. The molecule has 0 saturated carbocycles. The zero-order valence-electron chi connectivity index (χ0n) is 6.16. The molecule has 0 radical (unpaired) electrons. The fourth-order valence-electron chi connectivity index (χ4n) is 1.04. The highest BCUT2D eigenvalue weighted by atomic mass is 16.6. The van der Waals surface area contributed by atoms with Gasteiger partial charge in [-0.25, -0.2) is 4.79 Å². The van der Waals surface area contributed by atoms with Gasteiger partial charge >= 0.3 is 6.09 Å². The molecule has 0 unspecified atom stereocenters. The monoisotopic (exact) mass is 160 g/mol. The fraction of sp³-hybridized carbons (Fsp3) is 0.833. The van der Waals surface area contributed by atoms with Crippen molar-refractivity contribution in [2.75, 3.05) is 13.2 Å². The van der Waals surface area contributed by atoms with Gasteiger partial charge in [0.15, 0.2) is 0 Å². The number of amides is 1. The molecule has 2 atom stereocenters. The van der Waals surface area contributed by atoms with Crippen LogP contribution < -0.4 is 11.5 Å². The first-order chi connectivity index (χ1) is 5.20. The van der Waals surface area contributed by atoms with Crippen LogP contribution in [0.4, 0.5) is 4.79 Å². The van der Waals surface area contributed by atoms with Crippen molar-refractivity contribution in [2.24, 2.45) is 11.5 Å². The molecule has 0 aromatic carbocycles. The summed E-state index contributed by atoms with van der Waals surface area (Å²) < 4.78 is 9.77. The van der Waals surface area contributed by atoms with Crippen molar-refractivity contribution in [1.82, 2.24) is 0 Å². The van der Waals surface area contributed by atoms with E-state index in [2.05, 4.69) is 0 Å². The van der Waals surface area contributed by atoms with E-state index in [-0.39, 0.29) is 12.1 Å². The van der Waals surface area contributed by atoms with Gasteiger partial charge in [0, 0.05) is 6.42 Å². The first kappa shape index (κ1) is 8.29. The molecule has 1 rings (SSSR count). The van der Waals surface area contributed by atoms with E-state index in [0.29, 0.717) is 19.6 Å². The van der Waals surface area contributed by atoms with Gasteiger partial charge < -0.3 is 20.9 Å². The van der Waals surface area contributed by atoms with Crippen molar-refractivity contribution in [3.63, 3.8) is 0 Å². The summed E-state index contributed by atoms with van der Waals surface area (Å²) in [5.41, 5.74) is 10.4. The quantitative estimate of drug-likeness (QED) is 0.525. The van der Waals surface area contributed by atoms with Gasteiger partial charge in [0.2, 0.25) is 0 Å². The lowest BCUT2D eigenvalue weighted by Crippen LogP contribution is -2.46. The van der Waals surface area contributed by atoms with E-state index < -0.39 is 6.09 Å². The normalized spacial score (nSPS) is 31.4. The largest absolute Gasteiger partial charge is 0.445 e. The zero-order valence-corrected chi connectivity index (χ0v) is 6.16. The number of hydrogen-bond acceptors (Lipinski definition) is 4. The number of hydrogen-bond donors (Lipinski definition) is 2. The minimum absolute atomic E-state index is 0.240. The van der Waals surface area contributed by atoms with E-state index in [0.717, 1.165) is 0 Å². The van der Waals surface area contributed by atoms with E-state index in [1.807, 2.05) is 0 Å². The number of nitrogens with two attached hydrogens (primary N) is 2. The first-order valence-corrected chi connectivity index (χ1v) is 3.49. The van der Waals surface area contributed by atoms with E-state index in [1.165, 1.54) is 0 Å². The molecule has 1 saturated heterocycles. The smallest absolute Gasteiger partial charge is 0.404 e. The van der Waals surface area contributed by atoms with Crippen LogP contribution in [0.2, 0.25) is 0 Å². The summed E-state index contributed by atoms with van der Waals surface area (Å²) in [6, 6.07) is -0.240. The predicted molar refractivity (Wildman–Crippen MR) is 37.9 cm³/mol. The van der Waals surface area contributed by atoms with Gasteiger partial charge in [0.05, 0.1) is 19.3 Å². The van der Waals surface area contributed by atoms with Crippen LogP contribution in [0.15, 0.2) is 0 Å². The Morgan fingerprint density at radius 2 is 2.36 bits per heavy atom. The number of ether oxygens (including phenoxy) is 2. The third kappa shape index (κ3) is 2.36. The van der Waals surface area contributed by atoms with Gasteiger partial charge in [-0.05, 0) is 0 Å². The highest BCUT2D eigenvalue weighted by Gasteiger charge is 2.24. The van der Waals surface area contributed by atoms with Crippen LogP contribution in [0.3, 0.4) is 0 Å². The lowest BCUT2D eigenvalue weighted by Gasteiger charge is -2.27. The number of rotatable bonds is 1. The Hall–Kier alpha value is -0.810. The molecule has 1 fully saturated rings. The summed E-state index contributed by atoms with van der Waals surface area (Å²) in [6.07, 6.45) is -0.419. The van der Waals surface area contributed by atoms with Crippen LogP contribution in [-0.4, -0.2) is 31.5 Å². The minimum atomic E-state index is -0.771. The second-order valence-corrected chi connectivity index (χ2v) is 2.50. The van der Waals surface area contributed by atoms with Crippen molar-refractivity contribution in [3.8, 4) is 0 Å². The van der Waals surface area contributed by atoms with Gasteiger partial charge in [0.1, 0.15) is 6.10 Å². The summed E-state index contributed by atoms with van der Waals surface area (Å²) in [7, 11) is 0. The van der Waals surface area contributed by atoms with Crippen molar-refractivity contribution < 1.29 is 14.3 Å². The predicted octanol–water partition coefficient (Wildman–Crippen LogP) is -0.802. The maximum Gasteiger partial charge on any atom is 0.404 e. The van der Waals surface area contributed by atoms with Gasteiger partial charge in [-0.1, -0.05) is 0 Å². The van der Waals surface area contributed by atoms with Crippen LogP contribution in [0.25, 0.3) is 0 Å². The van der Waals surface area contributed by atoms with Gasteiger partial charge in [0.25, 0.3) is 0 Å². The standard InChI is InChI=1S/C6H12N2O3/c7-4-3-10-2-1-5(4)11-6(8)9/h4-5H,1-3,7H2,(H2,8,9)/t4-,5-/m0/s1. The van der Waals surface area contributed by atoms with E-state index in [9.17, 15) is 4.79 Å². The van der Waals surface area contributed by atoms with Gasteiger partial charge in [-0.3, -0.25) is 0 Å². The topological polar surface area (TPSA) is 87.6 Å². The van der Waals surface area contributed by atoms with Crippen LogP contribution in [0, 0.1) is 0 Å². The Labute approximate surface area is 64.6 Å². The molecule has 5 heteroatoms. The fourth-order valence-corrected chi connectivity index (χ4v) is 1.04. The van der Waals surface area contributed by atoms with E-state index >= 15 is 0 Å². The molecule has 0 aromatic rings. The Bertz CT molecular complexity index is 151. The van der Waals surface area contributed by atoms with Crippen molar-refractivity contribution >= 4 is 6.09 Å². The van der Waals surface area contributed by atoms with Crippen molar-refractivity contribution in [3.05, 3.63) is 0 Å².